The van der Waals surface area contributed by atoms with E-state index in [4.69, 9.17) is 0 Å². The van der Waals surface area contributed by atoms with Crippen LogP contribution in [0, 0.1) is 13.8 Å². The Bertz CT molecular complexity index is 516. The van der Waals surface area contributed by atoms with Crippen LogP contribution in [-0.4, -0.2) is 5.11 Å². The Morgan fingerprint density at radius 1 is 1.22 bits per heavy atom. The van der Waals surface area contributed by atoms with Gasteiger partial charge in [-0.2, -0.15) is 0 Å². The molecule has 0 amide bonds. The molecule has 1 atom stereocenters. The van der Waals surface area contributed by atoms with Crippen molar-refractivity contribution in [3.8, 4) is 5.75 Å². The SMILES string of the molecule is Cc1cc(C(C)NCc2ccc(O)cc2)c(C)s1. The summed E-state index contributed by atoms with van der Waals surface area (Å²) in [6.07, 6.45) is 0. The molecule has 2 nitrogen and oxygen atoms in total. The number of benzene rings is 1. The fraction of sp³-hybridized carbons (Fsp3) is 0.333. The monoisotopic (exact) mass is 261 g/mol. The predicted octanol–water partition coefficient (Wildman–Crippen LogP) is 3.92. The lowest BCUT2D eigenvalue weighted by molar-refractivity contribution is 0.474. The van der Waals surface area contributed by atoms with Gasteiger partial charge in [0, 0.05) is 22.3 Å². The van der Waals surface area contributed by atoms with E-state index in [1.165, 1.54) is 20.9 Å². The minimum absolute atomic E-state index is 0.316. The lowest BCUT2D eigenvalue weighted by Gasteiger charge is -2.14. The van der Waals surface area contributed by atoms with Crippen LogP contribution in [0.1, 0.15) is 33.8 Å². The van der Waals surface area contributed by atoms with Crippen molar-refractivity contribution in [1.82, 2.24) is 5.32 Å². The van der Waals surface area contributed by atoms with Gasteiger partial charge in [0.2, 0.25) is 0 Å². The Balaban J connectivity index is 1.98. The quantitative estimate of drug-likeness (QED) is 0.874. The van der Waals surface area contributed by atoms with Gasteiger partial charge < -0.3 is 10.4 Å². The van der Waals surface area contributed by atoms with Gasteiger partial charge in [-0.05, 0) is 50.1 Å². The number of nitrogens with one attached hydrogen (secondary N) is 1. The number of phenolic OH excluding ortho intramolecular Hbond substituents is 1. The summed E-state index contributed by atoms with van der Waals surface area (Å²) < 4.78 is 0. The van der Waals surface area contributed by atoms with E-state index in [9.17, 15) is 5.11 Å². The summed E-state index contributed by atoms with van der Waals surface area (Å²) in [4.78, 5) is 2.75. The minimum atomic E-state index is 0.316. The summed E-state index contributed by atoms with van der Waals surface area (Å²) >= 11 is 1.85. The zero-order valence-electron chi connectivity index (χ0n) is 11.0. The average molecular weight is 261 g/mol. The molecule has 0 aliphatic heterocycles. The van der Waals surface area contributed by atoms with Gasteiger partial charge in [-0.25, -0.2) is 0 Å². The molecule has 0 aliphatic carbocycles. The molecule has 0 bridgehead atoms. The van der Waals surface area contributed by atoms with Crippen molar-refractivity contribution in [2.45, 2.75) is 33.4 Å². The molecule has 2 rings (SSSR count). The molecular formula is C15H19NOS. The van der Waals surface area contributed by atoms with Gasteiger partial charge >= 0.3 is 0 Å². The number of phenols is 1. The highest BCUT2D eigenvalue weighted by Gasteiger charge is 2.10. The first-order chi connectivity index (χ1) is 8.56. The van der Waals surface area contributed by atoms with E-state index >= 15 is 0 Å². The summed E-state index contributed by atoms with van der Waals surface area (Å²) in [5.41, 5.74) is 2.57. The molecule has 0 aliphatic rings. The maximum Gasteiger partial charge on any atom is 0.115 e. The maximum absolute atomic E-state index is 9.23. The van der Waals surface area contributed by atoms with E-state index in [1.54, 1.807) is 12.1 Å². The van der Waals surface area contributed by atoms with Crippen molar-refractivity contribution in [1.29, 1.82) is 0 Å². The molecule has 0 saturated carbocycles. The standard InChI is InChI=1S/C15H19NOS/c1-10-8-15(12(3)18-10)11(2)16-9-13-4-6-14(17)7-5-13/h4-8,11,16-17H,9H2,1-3H3. The maximum atomic E-state index is 9.23. The number of aromatic hydroxyl groups is 1. The molecule has 0 radical (unpaired) electrons. The van der Waals surface area contributed by atoms with E-state index in [0.717, 1.165) is 6.54 Å². The van der Waals surface area contributed by atoms with E-state index in [1.807, 2.05) is 23.5 Å². The second kappa shape index (κ2) is 5.55. The Morgan fingerprint density at radius 3 is 2.44 bits per heavy atom. The van der Waals surface area contributed by atoms with E-state index in [-0.39, 0.29) is 0 Å². The van der Waals surface area contributed by atoms with Crippen LogP contribution >= 0.6 is 11.3 Å². The topological polar surface area (TPSA) is 32.3 Å². The lowest BCUT2D eigenvalue weighted by Crippen LogP contribution is -2.18. The second-order valence-electron chi connectivity index (χ2n) is 4.64. The molecule has 1 unspecified atom stereocenters. The highest BCUT2D eigenvalue weighted by molar-refractivity contribution is 7.12. The summed E-state index contributed by atoms with van der Waals surface area (Å²) in [5.74, 6) is 0.316. The molecule has 1 aromatic heterocycles. The first-order valence-corrected chi connectivity index (χ1v) is 6.96. The van der Waals surface area contributed by atoms with Gasteiger partial charge in [0.25, 0.3) is 0 Å². The number of rotatable bonds is 4. The van der Waals surface area contributed by atoms with E-state index in [2.05, 4.69) is 32.2 Å². The summed E-state index contributed by atoms with van der Waals surface area (Å²) in [5, 5.41) is 12.7. The van der Waals surface area contributed by atoms with E-state index < -0.39 is 0 Å². The molecule has 3 heteroatoms. The minimum Gasteiger partial charge on any atom is -0.508 e. The van der Waals surface area contributed by atoms with Gasteiger partial charge in [0.1, 0.15) is 5.75 Å². The molecule has 1 aromatic carbocycles. The van der Waals surface area contributed by atoms with E-state index in [0.29, 0.717) is 11.8 Å². The lowest BCUT2D eigenvalue weighted by atomic mass is 10.1. The highest BCUT2D eigenvalue weighted by atomic mass is 32.1. The van der Waals surface area contributed by atoms with Gasteiger partial charge in [0.15, 0.2) is 0 Å². The Labute approximate surface area is 112 Å². The predicted molar refractivity (Wildman–Crippen MR) is 77.2 cm³/mol. The number of thiophene rings is 1. The Kier molecular flexibility index (Phi) is 4.04. The highest BCUT2D eigenvalue weighted by Crippen LogP contribution is 2.26. The number of aryl methyl sites for hydroxylation is 2. The van der Waals surface area contributed by atoms with Crippen LogP contribution < -0.4 is 5.32 Å². The third kappa shape index (κ3) is 3.12. The number of hydrogen-bond donors (Lipinski definition) is 2. The van der Waals surface area contributed by atoms with Crippen LogP contribution in [0.3, 0.4) is 0 Å². The fourth-order valence-corrected chi connectivity index (χ4v) is 3.10. The molecule has 18 heavy (non-hydrogen) atoms. The Morgan fingerprint density at radius 2 is 1.89 bits per heavy atom. The van der Waals surface area contributed by atoms with Crippen LogP contribution in [0.15, 0.2) is 30.3 Å². The van der Waals surface area contributed by atoms with Crippen LogP contribution in [0.25, 0.3) is 0 Å². The largest absolute Gasteiger partial charge is 0.508 e. The third-order valence-electron chi connectivity index (χ3n) is 3.09. The molecule has 96 valence electrons. The van der Waals surface area contributed by atoms with Crippen LogP contribution in [0.5, 0.6) is 5.75 Å². The zero-order valence-corrected chi connectivity index (χ0v) is 11.8. The molecule has 2 N–H and O–H groups in total. The molecular weight excluding hydrogens is 242 g/mol. The van der Waals surface area contributed by atoms with Gasteiger partial charge in [-0.15, -0.1) is 11.3 Å². The van der Waals surface area contributed by atoms with Crippen molar-refractivity contribution < 1.29 is 5.11 Å². The normalized spacial score (nSPS) is 12.6. The van der Waals surface area contributed by atoms with Gasteiger partial charge in [0.05, 0.1) is 0 Å². The first-order valence-electron chi connectivity index (χ1n) is 6.14. The smallest absolute Gasteiger partial charge is 0.115 e. The van der Waals surface area contributed by atoms with Crippen molar-refractivity contribution in [2.24, 2.45) is 0 Å². The summed E-state index contributed by atoms with van der Waals surface area (Å²) in [6, 6.07) is 9.95. The first kappa shape index (κ1) is 13.1. The molecule has 0 saturated heterocycles. The fourth-order valence-electron chi connectivity index (χ4n) is 2.08. The zero-order chi connectivity index (χ0) is 13.1. The summed E-state index contributed by atoms with van der Waals surface area (Å²) in [7, 11) is 0. The Hall–Kier alpha value is -1.32. The third-order valence-corrected chi connectivity index (χ3v) is 4.08. The second-order valence-corrected chi connectivity index (χ2v) is 6.10. The molecule has 1 heterocycles. The summed E-state index contributed by atoms with van der Waals surface area (Å²) in [6.45, 7) is 7.32. The van der Waals surface area contributed by atoms with Gasteiger partial charge in [-0.3, -0.25) is 0 Å². The molecule has 0 spiro atoms. The van der Waals surface area contributed by atoms with Crippen LogP contribution in [0.4, 0.5) is 0 Å². The average Bonchev–Trinajstić information content (AvgIpc) is 2.67. The molecule has 0 fully saturated rings. The number of hydrogen-bond acceptors (Lipinski definition) is 3. The molecule has 2 aromatic rings. The van der Waals surface area contributed by atoms with Crippen molar-refractivity contribution in [3.63, 3.8) is 0 Å². The van der Waals surface area contributed by atoms with Gasteiger partial charge in [-0.1, -0.05) is 12.1 Å². The van der Waals surface area contributed by atoms with Crippen LogP contribution in [0.2, 0.25) is 0 Å². The van der Waals surface area contributed by atoms with Crippen LogP contribution in [-0.2, 0) is 6.54 Å². The van der Waals surface area contributed by atoms with Crippen molar-refractivity contribution in [3.05, 3.63) is 51.2 Å². The van der Waals surface area contributed by atoms with Crippen molar-refractivity contribution in [2.75, 3.05) is 0 Å². The van der Waals surface area contributed by atoms with Crippen molar-refractivity contribution >= 4 is 11.3 Å².